The summed E-state index contributed by atoms with van der Waals surface area (Å²) in [5, 5.41) is 18.3. The molecule has 2 aliphatic heterocycles. The smallest absolute Gasteiger partial charge is 0.151 e. The molecule has 0 amide bonds. The zero-order chi connectivity index (χ0) is 13.1. The monoisotopic (exact) mass is 263 g/mol. The fraction of sp³-hybridized carbons (Fsp3) is 0.714. The number of hydrogen-bond donors (Lipinski definition) is 1. The maximum atomic E-state index is 9.51. The highest BCUT2D eigenvalue weighted by atomic mass is 16.5. The fourth-order valence-electron chi connectivity index (χ4n) is 2.81. The lowest BCUT2D eigenvalue weighted by Crippen LogP contribution is -2.36. The van der Waals surface area contributed by atoms with Crippen LogP contribution in [0.5, 0.6) is 0 Å². The molecule has 0 unspecified atom stereocenters. The van der Waals surface area contributed by atoms with Gasteiger partial charge in [0.1, 0.15) is 0 Å². The minimum Gasteiger partial charge on any atom is -0.393 e. The number of ether oxygens (including phenoxy) is 1. The molecule has 3 heterocycles. The van der Waals surface area contributed by atoms with Gasteiger partial charge in [0.25, 0.3) is 0 Å². The Morgan fingerprint density at radius 1 is 1.05 bits per heavy atom. The molecule has 0 aliphatic carbocycles. The molecule has 2 saturated heterocycles. The van der Waals surface area contributed by atoms with Crippen LogP contribution in [-0.2, 0) is 4.74 Å². The molecule has 0 atom stereocenters. The van der Waals surface area contributed by atoms with E-state index in [0.29, 0.717) is 5.92 Å². The first-order valence-corrected chi connectivity index (χ1v) is 7.17. The van der Waals surface area contributed by atoms with Gasteiger partial charge in [0.2, 0.25) is 0 Å². The van der Waals surface area contributed by atoms with Crippen molar-refractivity contribution in [3.05, 3.63) is 17.8 Å². The summed E-state index contributed by atoms with van der Waals surface area (Å²) in [4.78, 5) is 2.20. The highest BCUT2D eigenvalue weighted by Crippen LogP contribution is 2.26. The van der Waals surface area contributed by atoms with Crippen molar-refractivity contribution in [3.63, 3.8) is 0 Å². The number of nitrogens with zero attached hydrogens (tertiary/aromatic N) is 3. The second-order valence-corrected chi connectivity index (χ2v) is 5.42. The van der Waals surface area contributed by atoms with Gasteiger partial charge in [-0.1, -0.05) is 0 Å². The van der Waals surface area contributed by atoms with E-state index >= 15 is 0 Å². The Morgan fingerprint density at radius 3 is 2.42 bits per heavy atom. The van der Waals surface area contributed by atoms with Crippen LogP contribution in [0.3, 0.4) is 0 Å². The summed E-state index contributed by atoms with van der Waals surface area (Å²) in [6.45, 7) is 3.40. The zero-order valence-corrected chi connectivity index (χ0v) is 11.2. The number of aliphatic hydroxyl groups excluding tert-OH is 1. The molecule has 104 valence electrons. The Bertz CT molecular complexity index is 396. The van der Waals surface area contributed by atoms with E-state index in [4.69, 9.17) is 4.74 Å². The van der Waals surface area contributed by atoms with Crippen molar-refractivity contribution < 1.29 is 9.84 Å². The van der Waals surface area contributed by atoms with E-state index in [1.54, 1.807) is 0 Å². The van der Waals surface area contributed by atoms with Gasteiger partial charge in [-0.15, -0.1) is 5.10 Å². The molecule has 1 aromatic heterocycles. The Morgan fingerprint density at radius 2 is 1.79 bits per heavy atom. The van der Waals surface area contributed by atoms with E-state index in [1.807, 2.05) is 0 Å². The highest BCUT2D eigenvalue weighted by Gasteiger charge is 2.20. The van der Waals surface area contributed by atoms with Crippen LogP contribution in [0.15, 0.2) is 12.1 Å². The molecule has 5 heteroatoms. The summed E-state index contributed by atoms with van der Waals surface area (Å²) in [6, 6.07) is 4.17. The molecule has 2 aliphatic rings. The molecule has 0 spiro atoms. The van der Waals surface area contributed by atoms with Crippen molar-refractivity contribution in [2.45, 2.75) is 37.7 Å². The third-order valence-electron chi connectivity index (χ3n) is 4.10. The molecule has 0 radical (unpaired) electrons. The number of hydrogen-bond acceptors (Lipinski definition) is 5. The lowest BCUT2D eigenvalue weighted by Gasteiger charge is -2.30. The number of rotatable bonds is 2. The van der Waals surface area contributed by atoms with Gasteiger partial charge in [-0.05, 0) is 37.8 Å². The molecule has 3 rings (SSSR count). The van der Waals surface area contributed by atoms with E-state index in [0.717, 1.165) is 63.5 Å². The third kappa shape index (κ3) is 3.04. The average molecular weight is 263 g/mol. The number of piperidine rings is 1. The van der Waals surface area contributed by atoms with E-state index < -0.39 is 0 Å². The normalized spacial score (nSPS) is 22.7. The summed E-state index contributed by atoms with van der Waals surface area (Å²) in [5.41, 5.74) is 1.09. The second-order valence-electron chi connectivity index (χ2n) is 5.42. The molecule has 5 nitrogen and oxygen atoms in total. The largest absolute Gasteiger partial charge is 0.393 e. The molecular weight excluding hydrogens is 242 g/mol. The molecule has 0 bridgehead atoms. The summed E-state index contributed by atoms with van der Waals surface area (Å²) >= 11 is 0. The van der Waals surface area contributed by atoms with Crippen molar-refractivity contribution in [3.8, 4) is 0 Å². The van der Waals surface area contributed by atoms with Gasteiger partial charge in [-0.3, -0.25) is 0 Å². The van der Waals surface area contributed by atoms with Crippen molar-refractivity contribution in [1.82, 2.24) is 10.2 Å². The van der Waals surface area contributed by atoms with Crippen molar-refractivity contribution in [1.29, 1.82) is 0 Å². The molecule has 1 N–H and O–H groups in total. The maximum Gasteiger partial charge on any atom is 0.151 e. The van der Waals surface area contributed by atoms with Crippen LogP contribution in [0, 0.1) is 0 Å². The lowest BCUT2D eigenvalue weighted by molar-refractivity contribution is 0.0843. The van der Waals surface area contributed by atoms with E-state index in [-0.39, 0.29) is 6.10 Å². The summed E-state index contributed by atoms with van der Waals surface area (Å²) in [7, 11) is 0. The predicted molar refractivity (Wildman–Crippen MR) is 72.3 cm³/mol. The van der Waals surface area contributed by atoms with Crippen LogP contribution in [0.4, 0.5) is 5.82 Å². The van der Waals surface area contributed by atoms with Gasteiger partial charge in [-0.2, -0.15) is 5.10 Å². The van der Waals surface area contributed by atoms with Crippen LogP contribution in [0.1, 0.15) is 37.3 Å². The Hall–Kier alpha value is -1.20. The summed E-state index contributed by atoms with van der Waals surface area (Å²) in [5.74, 6) is 1.43. The first kappa shape index (κ1) is 12.8. The van der Waals surface area contributed by atoms with Crippen LogP contribution in [0.25, 0.3) is 0 Å². The number of anilines is 1. The van der Waals surface area contributed by atoms with Crippen LogP contribution < -0.4 is 4.90 Å². The minimum absolute atomic E-state index is 0.147. The minimum atomic E-state index is -0.147. The van der Waals surface area contributed by atoms with Crippen molar-refractivity contribution in [2.24, 2.45) is 0 Å². The van der Waals surface area contributed by atoms with Gasteiger partial charge in [0.05, 0.1) is 11.8 Å². The lowest BCUT2D eigenvalue weighted by atomic mass is 9.96. The average Bonchev–Trinajstić information content (AvgIpc) is 2.49. The predicted octanol–water partition coefficient (Wildman–Crippen LogP) is 1.33. The molecule has 0 saturated carbocycles. The van der Waals surface area contributed by atoms with Gasteiger partial charge in [-0.25, -0.2) is 0 Å². The topological polar surface area (TPSA) is 58.5 Å². The van der Waals surface area contributed by atoms with Crippen molar-refractivity contribution in [2.75, 3.05) is 31.2 Å². The van der Waals surface area contributed by atoms with Crippen LogP contribution >= 0.6 is 0 Å². The standard InChI is InChI=1S/C14H21N3O2/c18-12-3-7-17(8-4-12)14-2-1-13(15-16-14)11-5-9-19-10-6-11/h1-2,11-12,18H,3-10H2. The van der Waals surface area contributed by atoms with Gasteiger partial charge in [0.15, 0.2) is 5.82 Å². The second kappa shape index (κ2) is 5.84. The fourth-order valence-corrected chi connectivity index (χ4v) is 2.81. The number of aromatic nitrogens is 2. The quantitative estimate of drug-likeness (QED) is 0.872. The Balaban J connectivity index is 1.65. The first-order chi connectivity index (χ1) is 9.33. The third-order valence-corrected chi connectivity index (χ3v) is 4.10. The zero-order valence-electron chi connectivity index (χ0n) is 11.2. The molecular formula is C14H21N3O2. The molecule has 1 aromatic rings. The summed E-state index contributed by atoms with van der Waals surface area (Å²) < 4.78 is 5.37. The van der Waals surface area contributed by atoms with E-state index in [9.17, 15) is 5.11 Å². The van der Waals surface area contributed by atoms with Gasteiger partial charge >= 0.3 is 0 Å². The molecule has 2 fully saturated rings. The van der Waals surface area contributed by atoms with E-state index in [1.165, 1.54) is 0 Å². The Labute approximate surface area is 113 Å². The number of aliphatic hydroxyl groups is 1. The summed E-state index contributed by atoms with van der Waals surface area (Å²) in [6.07, 6.45) is 3.59. The van der Waals surface area contributed by atoms with Crippen LogP contribution in [-0.4, -0.2) is 47.7 Å². The first-order valence-electron chi connectivity index (χ1n) is 7.17. The highest BCUT2D eigenvalue weighted by molar-refractivity contribution is 5.38. The van der Waals surface area contributed by atoms with Crippen molar-refractivity contribution >= 4 is 5.82 Å². The Kier molecular flexibility index (Phi) is 3.94. The van der Waals surface area contributed by atoms with Crippen LogP contribution in [0.2, 0.25) is 0 Å². The van der Waals surface area contributed by atoms with E-state index in [2.05, 4.69) is 27.2 Å². The SMILES string of the molecule is OC1CCN(c2ccc(C3CCOCC3)nn2)CC1. The maximum absolute atomic E-state index is 9.51. The van der Waals surface area contributed by atoms with Gasteiger partial charge in [0, 0.05) is 32.2 Å². The van der Waals surface area contributed by atoms with Gasteiger partial charge < -0.3 is 14.7 Å². The molecule has 19 heavy (non-hydrogen) atoms. The molecule has 0 aromatic carbocycles.